The average molecular weight is 471 g/mol. The number of cyclic esters (lactones) is 1. The van der Waals surface area contributed by atoms with E-state index in [0.29, 0.717) is 45.1 Å². The van der Waals surface area contributed by atoms with Crippen molar-refractivity contribution in [1.29, 1.82) is 0 Å². The molecule has 9 heteroatoms. The Morgan fingerprint density at radius 1 is 1.12 bits per heavy atom. The zero-order valence-electron chi connectivity index (χ0n) is 21.3. The molecule has 1 N–H and O–H groups in total. The topological polar surface area (TPSA) is 111 Å². The third-order valence-electron chi connectivity index (χ3n) is 5.49. The molecule has 3 atom stereocenters. The smallest absolute Gasteiger partial charge is 0.409 e. The molecule has 1 heterocycles. The van der Waals surface area contributed by atoms with E-state index < -0.39 is 41.5 Å². The lowest BCUT2D eigenvalue weighted by Gasteiger charge is -2.30. The monoisotopic (exact) mass is 470 g/mol. The number of esters is 2. The first-order chi connectivity index (χ1) is 15.4. The zero-order chi connectivity index (χ0) is 25.2. The maximum atomic E-state index is 13.4. The van der Waals surface area contributed by atoms with Gasteiger partial charge in [-0.1, -0.05) is 13.8 Å². The molecule has 1 aliphatic heterocycles. The fourth-order valence-corrected chi connectivity index (χ4v) is 3.85. The van der Waals surface area contributed by atoms with Crippen LogP contribution in [0.2, 0.25) is 0 Å². The predicted octanol–water partition coefficient (Wildman–Crippen LogP) is 3.30. The van der Waals surface area contributed by atoms with Crippen LogP contribution in [-0.2, 0) is 28.6 Å². The van der Waals surface area contributed by atoms with Crippen molar-refractivity contribution in [3.05, 3.63) is 0 Å². The molecular formula is C24H42N2O7. The standard InChI is InChI=1S/C24H42N2O7/c1-16(2)15-18-17(21(28)33-24(3,4)5)11-10-14-32-23(30)26(6)13-9-8-12-19(22(29)31-7)25-20(18)27/h16-19H,8-15H2,1-7H3,(H,25,27)/t17-,18+,19-/m0/s1. The zero-order valence-corrected chi connectivity index (χ0v) is 21.3. The molecule has 0 bridgehead atoms. The minimum atomic E-state index is -0.821. The van der Waals surface area contributed by atoms with Gasteiger partial charge in [-0.15, -0.1) is 0 Å². The summed E-state index contributed by atoms with van der Waals surface area (Å²) in [7, 11) is 2.94. The van der Waals surface area contributed by atoms with Gasteiger partial charge in [0.1, 0.15) is 11.6 Å². The van der Waals surface area contributed by atoms with Gasteiger partial charge in [-0.3, -0.25) is 9.59 Å². The summed E-state index contributed by atoms with van der Waals surface area (Å²) in [5.74, 6) is -2.64. The van der Waals surface area contributed by atoms with E-state index in [1.165, 1.54) is 12.0 Å². The first-order valence-corrected chi connectivity index (χ1v) is 11.8. The van der Waals surface area contributed by atoms with E-state index in [9.17, 15) is 19.2 Å². The second-order valence-corrected chi connectivity index (χ2v) is 10.1. The molecule has 1 rings (SSSR count). The molecule has 0 aliphatic carbocycles. The number of carbonyl (C=O) groups excluding carboxylic acids is 4. The van der Waals surface area contributed by atoms with Crippen LogP contribution in [0.25, 0.3) is 0 Å². The molecule has 0 aromatic heterocycles. The predicted molar refractivity (Wildman–Crippen MR) is 123 cm³/mol. The van der Waals surface area contributed by atoms with Crippen LogP contribution in [0.1, 0.15) is 73.1 Å². The van der Waals surface area contributed by atoms with E-state index in [-0.39, 0.29) is 18.4 Å². The summed E-state index contributed by atoms with van der Waals surface area (Å²) in [5, 5.41) is 2.83. The van der Waals surface area contributed by atoms with Crippen molar-refractivity contribution in [2.45, 2.75) is 84.8 Å². The normalized spacial score (nSPS) is 24.2. The van der Waals surface area contributed by atoms with Crippen molar-refractivity contribution in [2.24, 2.45) is 17.8 Å². The molecule has 190 valence electrons. The van der Waals surface area contributed by atoms with Crippen LogP contribution in [-0.4, -0.2) is 67.8 Å². The Bertz CT molecular complexity index is 672. The molecule has 2 amide bonds. The van der Waals surface area contributed by atoms with E-state index in [0.717, 1.165) is 0 Å². The minimum absolute atomic E-state index is 0.135. The van der Waals surface area contributed by atoms with Gasteiger partial charge in [0.2, 0.25) is 5.91 Å². The highest BCUT2D eigenvalue weighted by Crippen LogP contribution is 2.29. The van der Waals surface area contributed by atoms with Gasteiger partial charge in [-0.25, -0.2) is 9.59 Å². The van der Waals surface area contributed by atoms with Crippen LogP contribution >= 0.6 is 0 Å². The van der Waals surface area contributed by atoms with Gasteiger partial charge in [-0.05, 0) is 65.2 Å². The molecule has 1 fully saturated rings. The van der Waals surface area contributed by atoms with Crippen LogP contribution in [0.5, 0.6) is 0 Å². The molecule has 1 aliphatic rings. The molecular weight excluding hydrogens is 428 g/mol. The molecule has 0 radical (unpaired) electrons. The molecule has 0 unspecified atom stereocenters. The number of hydrogen-bond acceptors (Lipinski definition) is 7. The second kappa shape index (κ2) is 13.4. The third-order valence-corrected chi connectivity index (χ3v) is 5.49. The van der Waals surface area contributed by atoms with Gasteiger partial charge in [-0.2, -0.15) is 0 Å². The number of amides is 2. The van der Waals surface area contributed by atoms with Crippen LogP contribution in [0.15, 0.2) is 0 Å². The molecule has 1 saturated heterocycles. The molecule has 0 aromatic carbocycles. The number of methoxy groups -OCH3 is 1. The number of nitrogens with zero attached hydrogens (tertiary/aromatic N) is 1. The van der Waals surface area contributed by atoms with Gasteiger partial charge < -0.3 is 24.4 Å². The van der Waals surface area contributed by atoms with E-state index in [1.807, 2.05) is 13.8 Å². The Labute approximate surface area is 197 Å². The van der Waals surface area contributed by atoms with Crippen LogP contribution in [0.3, 0.4) is 0 Å². The highest BCUT2D eigenvalue weighted by atomic mass is 16.6. The summed E-state index contributed by atoms with van der Waals surface area (Å²) in [6.07, 6.45) is 2.35. The van der Waals surface area contributed by atoms with E-state index in [1.54, 1.807) is 27.8 Å². The van der Waals surface area contributed by atoms with E-state index in [4.69, 9.17) is 14.2 Å². The Hall–Kier alpha value is -2.32. The first kappa shape index (κ1) is 28.7. The Morgan fingerprint density at radius 3 is 2.36 bits per heavy atom. The molecule has 0 aromatic rings. The minimum Gasteiger partial charge on any atom is -0.467 e. The fourth-order valence-electron chi connectivity index (χ4n) is 3.85. The largest absolute Gasteiger partial charge is 0.467 e. The van der Waals surface area contributed by atoms with Crippen molar-refractivity contribution in [1.82, 2.24) is 10.2 Å². The van der Waals surface area contributed by atoms with Gasteiger partial charge >= 0.3 is 18.0 Å². The summed E-state index contributed by atoms with van der Waals surface area (Å²) in [5.41, 5.74) is -0.712. The Balaban J connectivity index is 3.26. The number of carbonyl (C=O) groups is 4. The van der Waals surface area contributed by atoms with Crippen molar-refractivity contribution in [3.63, 3.8) is 0 Å². The van der Waals surface area contributed by atoms with Crippen LogP contribution in [0.4, 0.5) is 4.79 Å². The lowest BCUT2D eigenvalue weighted by atomic mass is 9.81. The van der Waals surface area contributed by atoms with E-state index >= 15 is 0 Å². The van der Waals surface area contributed by atoms with Crippen molar-refractivity contribution >= 4 is 23.9 Å². The van der Waals surface area contributed by atoms with Crippen LogP contribution in [0, 0.1) is 17.8 Å². The van der Waals surface area contributed by atoms with Crippen molar-refractivity contribution in [2.75, 3.05) is 27.3 Å². The lowest BCUT2D eigenvalue weighted by Crippen LogP contribution is -2.47. The summed E-state index contributed by atoms with van der Waals surface area (Å²) in [4.78, 5) is 52.5. The highest BCUT2D eigenvalue weighted by molar-refractivity contribution is 5.89. The number of rotatable bonds is 4. The SMILES string of the molecule is COC(=O)[C@@H]1CCCCN(C)C(=O)OCCC[C@H](C(=O)OC(C)(C)C)[C@@H](CC(C)C)C(=O)N1. The number of hydrogen-bond donors (Lipinski definition) is 1. The van der Waals surface area contributed by atoms with Crippen LogP contribution < -0.4 is 5.32 Å². The van der Waals surface area contributed by atoms with Crippen molar-refractivity contribution in [3.8, 4) is 0 Å². The fraction of sp³-hybridized carbons (Fsp3) is 0.833. The van der Waals surface area contributed by atoms with Gasteiger partial charge in [0, 0.05) is 13.6 Å². The maximum Gasteiger partial charge on any atom is 0.409 e. The summed E-state index contributed by atoms with van der Waals surface area (Å²) in [6.45, 7) is 9.90. The van der Waals surface area contributed by atoms with Gasteiger partial charge in [0.05, 0.1) is 25.6 Å². The third kappa shape index (κ3) is 10.4. The van der Waals surface area contributed by atoms with Crippen molar-refractivity contribution < 1.29 is 33.4 Å². The Morgan fingerprint density at radius 2 is 1.79 bits per heavy atom. The molecule has 33 heavy (non-hydrogen) atoms. The first-order valence-electron chi connectivity index (χ1n) is 11.8. The summed E-state index contributed by atoms with van der Waals surface area (Å²) in [6, 6.07) is -0.821. The quantitative estimate of drug-likeness (QED) is 0.496. The highest BCUT2D eigenvalue weighted by Gasteiger charge is 2.38. The van der Waals surface area contributed by atoms with E-state index in [2.05, 4.69) is 5.32 Å². The van der Waals surface area contributed by atoms with Gasteiger partial charge in [0.15, 0.2) is 0 Å². The maximum absolute atomic E-state index is 13.4. The number of ether oxygens (including phenoxy) is 3. The molecule has 9 nitrogen and oxygen atoms in total. The van der Waals surface area contributed by atoms with Gasteiger partial charge in [0.25, 0.3) is 0 Å². The average Bonchev–Trinajstić information content (AvgIpc) is 2.71. The Kier molecular flexibility index (Phi) is 11.7. The molecule has 0 saturated carbocycles. The summed E-state index contributed by atoms with van der Waals surface area (Å²) < 4.78 is 15.9. The number of nitrogens with one attached hydrogen (secondary N) is 1. The summed E-state index contributed by atoms with van der Waals surface area (Å²) >= 11 is 0. The second-order valence-electron chi connectivity index (χ2n) is 10.1. The molecule has 0 spiro atoms. The lowest BCUT2D eigenvalue weighted by molar-refractivity contribution is -0.164.